The van der Waals surface area contributed by atoms with Crippen molar-refractivity contribution in [1.29, 1.82) is 0 Å². The van der Waals surface area contributed by atoms with E-state index in [0.717, 1.165) is 24.6 Å². The Morgan fingerprint density at radius 1 is 0.606 bits per heavy atom. The van der Waals surface area contributed by atoms with Gasteiger partial charge in [-0.15, -0.1) is 0 Å². The lowest BCUT2D eigenvalue weighted by molar-refractivity contribution is -0.126. The van der Waals surface area contributed by atoms with Gasteiger partial charge < -0.3 is 5.32 Å². The van der Waals surface area contributed by atoms with Crippen LogP contribution in [0.5, 0.6) is 0 Å². The van der Waals surface area contributed by atoms with E-state index in [-0.39, 0.29) is 5.92 Å². The minimum absolute atomic E-state index is 0.273. The van der Waals surface area contributed by atoms with E-state index in [4.69, 9.17) is 0 Å². The maximum Gasteiger partial charge on any atom is 0.223 e. The van der Waals surface area contributed by atoms with Crippen molar-refractivity contribution in [2.75, 3.05) is 0 Å². The van der Waals surface area contributed by atoms with Crippen LogP contribution in [0.1, 0.15) is 155 Å². The van der Waals surface area contributed by atoms with Crippen LogP contribution in [0.15, 0.2) is 0 Å². The van der Waals surface area contributed by atoms with Crippen LogP contribution >= 0.6 is 0 Å². The molecule has 33 heavy (non-hydrogen) atoms. The summed E-state index contributed by atoms with van der Waals surface area (Å²) >= 11 is 0. The average Bonchev–Trinajstić information content (AvgIpc) is 2.74. The second-order valence-corrected chi connectivity index (χ2v) is 12.9. The molecular formula is C30H56BNO. The molecule has 0 spiro atoms. The summed E-state index contributed by atoms with van der Waals surface area (Å²) in [5.74, 6) is 2.48. The molecular weight excluding hydrogens is 401 g/mol. The Morgan fingerprint density at radius 2 is 1.06 bits per heavy atom. The molecule has 0 bridgehead atoms. The molecule has 2 nitrogen and oxygen atoms in total. The third-order valence-electron chi connectivity index (χ3n) is 9.68. The molecule has 0 aromatic heterocycles. The van der Waals surface area contributed by atoms with Crippen molar-refractivity contribution in [2.45, 2.75) is 172 Å². The molecule has 3 rings (SSSR count). The van der Waals surface area contributed by atoms with Crippen molar-refractivity contribution in [1.82, 2.24) is 5.32 Å². The molecule has 0 unspecified atom stereocenters. The number of hydrogen-bond acceptors (Lipinski definition) is 1. The SMILES string of the molecule is CC(C)(BC1CCCCCCC1)C1CCCC(C(=O)NC2CCCCCCCCC2)CCC1. The summed E-state index contributed by atoms with van der Waals surface area (Å²) in [6, 6.07) is 0.441. The highest BCUT2D eigenvalue weighted by atomic mass is 16.1. The monoisotopic (exact) mass is 457 g/mol. The molecule has 3 fully saturated rings. The Labute approximate surface area is 207 Å². The van der Waals surface area contributed by atoms with E-state index in [1.54, 1.807) is 0 Å². The van der Waals surface area contributed by atoms with Crippen molar-refractivity contribution in [2.24, 2.45) is 11.8 Å². The molecule has 3 saturated carbocycles. The molecule has 1 N–H and O–H groups in total. The zero-order valence-corrected chi connectivity index (χ0v) is 22.5. The fraction of sp³-hybridized carbons (Fsp3) is 0.967. The van der Waals surface area contributed by atoms with Gasteiger partial charge in [0.05, 0.1) is 0 Å². The van der Waals surface area contributed by atoms with Gasteiger partial charge in [-0.25, -0.2) is 0 Å². The van der Waals surface area contributed by atoms with Crippen molar-refractivity contribution in [3.8, 4) is 0 Å². The highest BCUT2D eigenvalue weighted by molar-refractivity contribution is 6.41. The first-order valence-electron chi connectivity index (χ1n) is 15.3. The number of nitrogens with one attached hydrogen (secondary N) is 1. The van der Waals surface area contributed by atoms with Gasteiger partial charge in [-0.2, -0.15) is 0 Å². The lowest BCUT2D eigenvalue weighted by atomic mass is 9.41. The van der Waals surface area contributed by atoms with Crippen LogP contribution in [0.2, 0.25) is 11.1 Å². The summed E-state index contributed by atoms with van der Waals surface area (Å²) in [5, 5.41) is 3.99. The Balaban J connectivity index is 1.43. The molecule has 1 amide bonds. The van der Waals surface area contributed by atoms with Crippen molar-refractivity contribution >= 4 is 13.2 Å². The number of carbonyl (C=O) groups is 1. The second-order valence-electron chi connectivity index (χ2n) is 12.9. The first-order chi connectivity index (χ1) is 16.0. The zero-order valence-electron chi connectivity index (χ0n) is 22.5. The van der Waals surface area contributed by atoms with Crippen LogP contribution < -0.4 is 5.32 Å². The van der Waals surface area contributed by atoms with Crippen LogP contribution in [0.25, 0.3) is 0 Å². The van der Waals surface area contributed by atoms with Gasteiger partial charge in [0.15, 0.2) is 0 Å². The van der Waals surface area contributed by atoms with E-state index in [1.165, 1.54) is 136 Å². The van der Waals surface area contributed by atoms with Gasteiger partial charge in [0, 0.05) is 12.0 Å². The maximum absolute atomic E-state index is 13.2. The van der Waals surface area contributed by atoms with Gasteiger partial charge in [-0.1, -0.05) is 141 Å². The molecule has 0 aliphatic heterocycles. The quantitative estimate of drug-likeness (QED) is 0.411. The molecule has 0 aromatic carbocycles. The Kier molecular flexibility index (Phi) is 12.2. The van der Waals surface area contributed by atoms with E-state index in [9.17, 15) is 4.79 Å². The molecule has 0 aromatic rings. The molecule has 0 saturated heterocycles. The van der Waals surface area contributed by atoms with Gasteiger partial charge >= 0.3 is 0 Å². The highest BCUT2D eigenvalue weighted by Gasteiger charge is 2.34. The summed E-state index contributed by atoms with van der Waals surface area (Å²) < 4.78 is 0. The highest BCUT2D eigenvalue weighted by Crippen LogP contribution is 2.46. The summed E-state index contributed by atoms with van der Waals surface area (Å²) in [4.78, 5) is 13.2. The molecule has 0 heterocycles. The van der Waals surface area contributed by atoms with E-state index in [0.29, 0.717) is 17.3 Å². The predicted molar refractivity (Wildman–Crippen MR) is 145 cm³/mol. The minimum Gasteiger partial charge on any atom is -0.353 e. The third kappa shape index (κ3) is 9.97. The summed E-state index contributed by atoms with van der Waals surface area (Å²) in [5.41, 5.74) is 0. The van der Waals surface area contributed by atoms with Crippen LogP contribution in [-0.2, 0) is 4.79 Å². The first-order valence-corrected chi connectivity index (χ1v) is 15.3. The summed E-state index contributed by atoms with van der Waals surface area (Å²) in [6.45, 7) is 5.14. The molecule has 190 valence electrons. The number of carbonyl (C=O) groups excluding carboxylic acids is 1. The van der Waals surface area contributed by atoms with Gasteiger partial charge in [-0.05, 0) is 31.6 Å². The fourth-order valence-corrected chi connectivity index (χ4v) is 7.48. The van der Waals surface area contributed by atoms with Crippen molar-refractivity contribution in [3.05, 3.63) is 0 Å². The molecule has 0 atom stereocenters. The van der Waals surface area contributed by atoms with E-state index in [2.05, 4.69) is 19.2 Å². The largest absolute Gasteiger partial charge is 0.353 e. The lowest BCUT2D eigenvalue weighted by Gasteiger charge is -2.39. The Morgan fingerprint density at radius 3 is 1.58 bits per heavy atom. The standard InChI is InChI=1S/C30H56BNO/c1-30(2,31-27-21-11-7-6-8-12-22-27)26-19-15-17-25(18-16-20-26)29(33)32-28-23-13-9-4-3-5-10-14-24-28/h25-28,31H,3-24H2,1-2H3,(H,32,33). The van der Waals surface area contributed by atoms with Gasteiger partial charge in [0.25, 0.3) is 0 Å². The smallest absolute Gasteiger partial charge is 0.223 e. The van der Waals surface area contributed by atoms with Crippen LogP contribution in [-0.4, -0.2) is 19.2 Å². The number of amides is 1. The molecule has 3 heteroatoms. The van der Waals surface area contributed by atoms with Crippen molar-refractivity contribution < 1.29 is 4.79 Å². The first kappa shape index (κ1) is 27.1. The van der Waals surface area contributed by atoms with Crippen molar-refractivity contribution in [3.63, 3.8) is 0 Å². The maximum atomic E-state index is 13.2. The normalized spacial score (nSPS) is 28.5. The van der Waals surface area contributed by atoms with Crippen LogP contribution in [0.4, 0.5) is 0 Å². The Hall–Kier alpha value is -0.465. The molecule has 3 aliphatic rings. The second kappa shape index (κ2) is 14.8. The molecule has 3 aliphatic carbocycles. The van der Waals surface area contributed by atoms with E-state index in [1.807, 2.05) is 0 Å². The lowest BCUT2D eigenvalue weighted by Crippen LogP contribution is -2.39. The zero-order chi connectivity index (χ0) is 23.4. The van der Waals surface area contributed by atoms with Gasteiger partial charge in [-0.3, -0.25) is 4.79 Å². The topological polar surface area (TPSA) is 29.1 Å². The van der Waals surface area contributed by atoms with E-state index < -0.39 is 0 Å². The van der Waals surface area contributed by atoms with Gasteiger partial charge in [0.1, 0.15) is 7.28 Å². The fourth-order valence-electron chi connectivity index (χ4n) is 7.48. The predicted octanol–water partition coefficient (Wildman–Crippen LogP) is 8.75. The Bertz CT molecular complexity index is 519. The number of hydrogen-bond donors (Lipinski definition) is 1. The molecule has 0 radical (unpaired) electrons. The average molecular weight is 458 g/mol. The van der Waals surface area contributed by atoms with Crippen LogP contribution in [0.3, 0.4) is 0 Å². The minimum atomic E-state index is 0.273. The van der Waals surface area contributed by atoms with Gasteiger partial charge in [0.2, 0.25) is 5.91 Å². The van der Waals surface area contributed by atoms with E-state index >= 15 is 0 Å². The number of rotatable bonds is 5. The third-order valence-corrected chi connectivity index (χ3v) is 9.68. The summed E-state index contributed by atoms with van der Waals surface area (Å²) in [6.07, 6.45) is 29.6. The van der Waals surface area contributed by atoms with Crippen LogP contribution in [0, 0.1) is 11.8 Å². The summed E-state index contributed by atoms with van der Waals surface area (Å²) in [7, 11) is 1.43.